The molecule has 3 heterocycles. The maximum absolute atomic E-state index is 12.5. The number of aromatic nitrogens is 2. The molecular weight excluding hydrogens is 384 g/mol. The van der Waals surface area contributed by atoms with Crippen LogP contribution in [0, 0.1) is 6.92 Å². The second-order valence-corrected chi connectivity index (χ2v) is 7.97. The molecule has 0 aliphatic carbocycles. The lowest BCUT2D eigenvalue weighted by molar-refractivity contribution is -0.121. The van der Waals surface area contributed by atoms with E-state index in [0.717, 1.165) is 17.0 Å². The standard InChI is InChI=1S/C18H16N4O3S2/c1-10-5-12(20-21(10)2)8-22-13-6-11(3-4-14(13)25-9-16(22)23)7-15-17(24)19-18(26)27-15/h3-7H,8-9H2,1-2H3,(H,19,24,26). The summed E-state index contributed by atoms with van der Waals surface area (Å²) in [5.41, 5.74) is 3.27. The number of anilines is 1. The van der Waals surface area contributed by atoms with Gasteiger partial charge in [0.2, 0.25) is 0 Å². The first-order valence-corrected chi connectivity index (χ1v) is 9.45. The van der Waals surface area contributed by atoms with Crippen LogP contribution in [0.3, 0.4) is 0 Å². The van der Waals surface area contributed by atoms with Crippen LogP contribution in [0.25, 0.3) is 6.08 Å². The quantitative estimate of drug-likeness (QED) is 0.628. The van der Waals surface area contributed by atoms with Gasteiger partial charge in [0.1, 0.15) is 10.1 Å². The van der Waals surface area contributed by atoms with Crippen LogP contribution < -0.4 is 15.0 Å². The van der Waals surface area contributed by atoms with E-state index in [-0.39, 0.29) is 18.4 Å². The number of fused-ring (bicyclic) bond motifs is 1. The Kier molecular flexibility index (Phi) is 4.48. The average molecular weight is 400 g/mol. The minimum Gasteiger partial charge on any atom is -0.482 e. The van der Waals surface area contributed by atoms with Gasteiger partial charge in [-0.25, -0.2) is 0 Å². The van der Waals surface area contributed by atoms with Crippen LogP contribution in [0.2, 0.25) is 0 Å². The molecule has 1 fully saturated rings. The van der Waals surface area contributed by atoms with Gasteiger partial charge in [-0.1, -0.05) is 30.0 Å². The van der Waals surface area contributed by atoms with Crippen molar-refractivity contribution in [1.82, 2.24) is 15.1 Å². The third kappa shape index (κ3) is 3.47. The monoisotopic (exact) mass is 400 g/mol. The third-order valence-corrected chi connectivity index (χ3v) is 5.51. The smallest absolute Gasteiger partial charge is 0.265 e. The van der Waals surface area contributed by atoms with E-state index >= 15 is 0 Å². The van der Waals surface area contributed by atoms with Gasteiger partial charge in [0.25, 0.3) is 11.8 Å². The Balaban J connectivity index is 1.68. The zero-order chi connectivity index (χ0) is 19.1. The molecule has 2 aliphatic heterocycles. The van der Waals surface area contributed by atoms with Crippen LogP contribution in [0.1, 0.15) is 17.0 Å². The van der Waals surface area contributed by atoms with Gasteiger partial charge in [-0.3, -0.25) is 19.2 Å². The molecule has 1 N–H and O–H groups in total. The number of benzene rings is 1. The molecule has 1 saturated heterocycles. The fraction of sp³-hybridized carbons (Fsp3) is 0.222. The molecule has 27 heavy (non-hydrogen) atoms. The highest BCUT2D eigenvalue weighted by Crippen LogP contribution is 2.35. The molecule has 2 aliphatic rings. The molecule has 0 atom stereocenters. The minimum absolute atomic E-state index is 0.00815. The summed E-state index contributed by atoms with van der Waals surface area (Å²) in [6, 6.07) is 7.44. The number of carbonyl (C=O) groups excluding carboxylic acids is 2. The van der Waals surface area contributed by atoms with E-state index in [1.165, 1.54) is 11.8 Å². The van der Waals surface area contributed by atoms with E-state index in [4.69, 9.17) is 17.0 Å². The van der Waals surface area contributed by atoms with Gasteiger partial charge in [-0.15, -0.1) is 0 Å². The van der Waals surface area contributed by atoms with Crippen LogP contribution in [0.4, 0.5) is 5.69 Å². The second-order valence-electron chi connectivity index (χ2n) is 6.25. The Labute approximate surface area is 165 Å². The first-order chi connectivity index (χ1) is 12.9. The Morgan fingerprint density at radius 2 is 2.19 bits per heavy atom. The summed E-state index contributed by atoms with van der Waals surface area (Å²) in [5, 5.41) is 7.03. The van der Waals surface area contributed by atoms with Crippen LogP contribution in [0.5, 0.6) is 5.75 Å². The number of hydrogen-bond acceptors (Lipinski definition) is 6. The Bertz CT molecular complexity index is 993. The van der Waals surface area contributed by atoms with E-state index in [1.807, 2.05) is 32.2 Å². The fourth-order valence-electron chi connectivity index (χ4n) is 2.93. The number of nitrogens with zero attached hydrogens (tertiary/aromatic N) is 3. The number of thioether (sulfide) groups is 1. The molecule has 138 valence electrons. The van der Waals surface area contributed by atoms with E-state index in [1.54, 1.807) is 21.7 Å². The molecule has 0 bridgehead atoms. The number of amides is 2. The highest BCUT2D eigenvalue weighted by molar-refractivity contribution is 8.26. The molecule has 0 radical (unpaired) electrons. The van der Waals surface area contributed by atoms with Crippen molar-refractivity contribution in [3.05, 3.63) is 46.1 Å². The molecule has 0 unspecified atom stereocenters. The molecule has 1 aromatic carbocycles. The lowest BCUT2D eigenvalue weighted by Gasteiger charge is -2.29. The van der Waals surface area contributed by atoms with Crippen molar-refractivity contribution >= 4 is 51.9 Å². The van der Waals surface area contributed by atoms with E-state index in [9.17, 15) is 9.59 Å². The summed E-state index contributed by atoms with van der Waals surface area (Å²) in [7, 11) is 1.87. The van der Waals surface area contributed by atoms with Gasteiger partial charge in [-0.2, -0.15) is 5.10 Å². The molecule has 1 aromatic heterocycles. The Morgan fingerprint density at radius 3 is 2.85 bits per heavy atom. The van der Waals surface area contributed by atoms with Gasteiger partial charge in [0.05, 0.1) is 22.8 Å². The average Bonchev–Trinajstić information content (AvgIpc) is 3.11. The van der Waals surface area contributed by atoms with Crippen LogP contribution in [0.15, 0.2) is 29.2 Å². The molecule has 2 amide bonds. The SMILES string of the molecule is Cc1cc(CN2C(=O)COc3ccc(C=C4SC(=S)NC4=O)cc32)nn1C. The maximum atomic E-state index is 12.5. The van der Waals surface area contributed by atoms with Gasteiger partial charge in [0.15, 0.2) is 6.61 Å². The highest BCUT2D eigenvalue weighted by Gasteiger charge is 2.27. The molecule has 0 saturated carbocycles. The van der Waals surface area contributed by atoms with Crippen molar-refractivity contribution in [3.8, 4) is 5.75 Å². The number of aryl methyl sites for hydroxylation is 2. The number of thiocarbonyl (C=S) groups is 1. The van der Waals surface area contributed by atoms with Crippen LogP contribution >= 0.6 is 24.0 Å². The number of nitrogens with one attached hydrogen (secondary N) is 1. The van der Waals surface area contributed by atoms with Crippen molar-refractivity contribution < 1.29 is 14.3 Å². The third-order valence-electron chi connectivity index (χ3n) is 4.35. The lowest BCUT2D eigenvalue weighted by atomic mass is 10.1. The predicted molar refractivity (Wildman–Crippen MR) is 107 cm³/mol. The van der Waals surface area contributed by atoms with Gasteiger partial charge >= 0.3 is 0 Å². The molecule has 2 aromatic rings. The number of carbonyl (C=O) groups is 2. The van der Waals surface area contributed by atoms with Crippen molar-refractivity contribution in [2.75, 3.05) is 11.5 Å². The number of rotatable bonds is 3. The number of hydrogen-bond donors (Lipinski definition) is 1. The largest absolute Gasteiger partial charge is 0.482 e. The van der Waals surface area contributed by atoms with Crippen molar-refractivity contribution in [2.24, 2.45) is 7.05 Å². The van der Waals surface area contributed by atoms with E-state index in [2.05, 4.69) is 10.4 Å². The van der Waals surface area contributed by atoms with Crippen molar-refractivity contribution in [3.63, 3.8) is 0 Å². The molecular formula is C18H16N4O3S2. The maximum Gasteiger partial charge on any atom is 0.265 e. The topological polar surface area (TPSA) is 76.5 Å². The van der Waals surface area contributed by atoms with E-state index < -0.39 is 0 Å². The highest BCUT2D eigenvalue weighted by atomic mass is 32.2. The van der Waals surface area contributed by atoms with Crippen LogP contribution in [-0.2, 0) is 23.2 Å². The zero-order valence-corrected chi connectivity index (χ0v) is 16.3. The summed E-state index contributed by atoms with van der Waals surface area (Å²) >= 11 is 6.24. The Hall–Kier alpha value is -2.65. The summed E-state index contributed by atoms with van der Waals surface area (Å²) < 4.78 is 7.77. The van der Waals surface area contributed by atoms with Gasteiger partial charge < -0.3 is 10.1 Å². The van der Waals surface area contributed by atoms with Crippen molar-refractivity contribution in [2.45, 2.75) is 13.5 Å². The predicted octanol–water partition coefficient (Wildman–Crippen LogP) is 2.14. The molecule has 7 nitrogen and oxygen atoms in total. The molecule has 0 spiro atoms. The first-order valence-electron chi connectivity index (χ1n) is 8.22. The number of ether oxygens (including phenoxy) is 1. The lowest BCUT2D eigenvalue weighted by Crippen LogP contribution is -2.38. The molecule has 9 heteroatoms. The van der Waals surface area contributed by atoms with Crippen LogP contribution in [-0.4, -0.2) is 32.5 Å². The minimum atomic E-state index is -0.212. The van der Waals surface area contributed by atoms with Gasteiger partial charge in [0, 0.05) is 12.7 Å². The summed E-state index contributed by atoms with van der Waals surface area (Å²) in [6.07, 6.45) is 1.75. The summed E-state index contributed by atoms with van der Waals surface area (Å²) in [4.78, 5) is 26.5. The second kappa shape index (κ2) is 6.82. The first kappa shape index (κ1) is 17.7. The van der Waals surface area contributed by atoms with E-state index in [0.29, 0.717) is 27.2 Å². The van der Waals surface area contributed by atoms with Gasteiger partial charge in [-0.05, 0) is 36.8 Å². The normalized spacial score (nSPS) is 17.9. The zero-order valence-electron chi connectivity index (χ0n) is 14.7. The summed E-state index contributed by atoms with van der Waals surface area (Å²) in [5.74, 6) is 0.282. The Morgan fingerprint density at radius 1 is 1.37 bits per heavy atom. The summed E-state index contributed by atoms with van der Waals surface area (Å²) in [6.45, 7) is 2.31. The molecule has 4 rings (SSSR count). The van der Waals surface area contributed by atoms with Crippen molar-refractivity contribution in [1.29, 1.82) is 0 Å². The fourth-order valence-corrected chi connectivity index (χ4v) is 3.97.